The summed E-state index contributed by atoms with van der Waals surface area (Å²) in [5.41, 5.74) is 1.15. The lowest BCUT2D eigenvalue weighted by Crippen LogP contribution is -2.08. The molecule has 0 saturated carbocycles. The number of rotatable bonds is 18. The molecule has 0 radical (unpaired) electrons. The summed E-state index contributed by atoms with van der Waals surface area (Å²) in [6.45, 7) is 4.33. The van der Waals surface area contributed by atoms with Gasteiger partial charge in [0.1, 0.15) is 11.6 Å². The molecule has 0 amide bonds. The summed E-state index contributed by atoms with van der Waals surface area (Å²) in [6.07, 6.45) is 18.6. The first-order valence-electron chi connectivity index (χ1n) is 13.4. The Balaban J connectivity index is 0.000000360. The predicted molar refractivity (Wildman–Crippen MR) is 143 cm³/mol. The maximum atomic E-state index is 11.7. The molecule has 2 heterocycles. The SMILES string of the molecule is CCCCCCCC(=O)CC(=O)c1ccncc1.CCCCCCCC(=O)CC(=O)c1ccncc1. The number of carbonyl (C=O) groups is 4. The van der Waals surface area contributed by atoms with E-state index in [-0.39, 0.29) is 36.0 Å². The minimum atomic E-state index is -0.101. The maximum Gasteiger partial charge on any atom is 0.170 e. The van der Waals surface area contributed by atoms with Crippen LogP contribution in [0.4, 0.5) is 0 Å². The van der Waals surface area contributed by atoms with Crippen LogP contribution < -0.4 is 0 Å². The number of carbonyl (C=O) groups excluding carboxylic acids is 4. The molecule has 0 spiro atoms. The number of nitrogens with zero attached hydrogens (tertiary/aromatic N) is 2. The van der Waals surface area contributed by atoms with E-state index in [4.69, 9.17) is 0 Å². The molecule has 0 atom stereocenters. The highest BCUT2D eigenvalue weighted by Crippen LogP contribution is 2.10. The molecule has 0 unspecified atom stereocenters. The molecule has 0 aliphatic rings. The van der Waals surface area contributed by atoms with Crippen molar-refractivity contribution in [1.29, 1.82) is 0 Å². The number of pyridine rings is 2. The third-order valence-electron chi connectivity index (χ3n) is 5.84. The van der Waals surface area contributed by atoms with Crippen molar-refractivity contribution < 1.29 is 19.2 Å². The first-order valence-corrected chi connectivity index (χ1v) is 13.4. The van der Waals surface area contributed by atoms with E-state index < -0.39 is 0 Å². The van der Waals surface area contributed by atoms with Gasteiger partial charge in [0, 0.05) is 48.8 Å². The standard InChI is InChI=1S/2C15H21NO2/c2*1-2-3-4-5-6-7-14(17)12-15(18)13-8-10-16-11-9-13/h2*8-11H,2-7,12H2,1H3. The van der Waals surface area contributed by atoms with Gasteiger partial charge in [0.15, 0.2) is 11.6 Å². The van der Waals surface area contributed by atoms with Crippen LogP contribution in [0.25, 0.3) is 0 Å². The first-order chi connectivity index (χ1) is 17.5. The molecule has 2 rings (SSSR count). The van der Waals surface area contributed by atoms with E-state index in [1.165, 1.54) is 38.5 Å². The predicted octanol–water partition coefficient (Wildman–Crippen LogP) is 7.17. The van der Waals surface area contributed by atoms with Crippen LogP contribution >= 0.6 is 0 Å². The third-order valence-corrected chi connectivity index (χ3v) is 5.84. The topological polar surface area (TPSA) is 94.1 Å². The van der Waals surface area contributed by atoms with Crippen LogP contribution in [-0.4, -0.2) is 33.1 Å². The Hall–Kier alpha value is -3.02. The molecule has 0 aliphatic carbocycles. The second-order valence-corrected chi connectivity index (χ2v) is 9.08. The van der Waals surface area contributed by atoms with Crippen molar-refractivity contribution in [1.82, 2.24) is 9.97 Å². The van der Waals surface area contributed by atoms with Gasteiger partial charge in [-0.15, -0.1) is 0 Å². The molecule has 0 N–H and O–H groups in total. The molecular formula is C30H42N2O4. The molecule has 0 aliphatic heterocycles. The fraction of sp³-hybridized carbons (Fsp3) is 0.533. The van der Waals surface area contributed by atoms with Gasteiger partial charge in [-0.2, -0.15) is 0 Å². The van der Waals surface area contributed by atoms with Crippen molar-refractivity contribution in [2.45, 2.75) is 104 Å². The van der Waals surface area contributed by atoms with Crippen molar-refractivity contribution in [3.63, 3.8) is 0 Å². The summed E-state index contributed by atoms with van der Waals surface area (Å²) in [5.74, 6) is -0.103. The molecule has 0 aromatic carbocycles. The highest BCUT2D eigenvalue weighted by atomic mass is 16.2. The Bertz CT molecular complexity index is 822. The van der Waals surface area contributed by atoms with Crippen LogP contribution in [0.3, 0.4) is 0 Å². The average molecular weight is 495 g/mol. The lowest BCUT2D eigenvalue weighted by molar-refractivity contribution is -0.119. The number of hydrogen-bond donors (Lipinski definition) is 0. The molecule has 196 valence electrons. The lowest BCUT2D eigenvalue weighted by atomic mass is 10.0. The zero-order chi connectivity index (χ0) is 26.4. The van der Waals surface area contributed by atoms with Crippen molar-refractivity contribution in [3.05, 3.63) is 60.2 Å². The van der Waals surface area contributed by atoms with Crippen LogP contribution in [0.1, 0.15) is 124 Å². The Morgan fingerprint density at radius 3 is 1.19 bits per heavy atom. The summed E-state index contributed by atoms with van der Waals surface area (Å²) in [7, 11) is 0. The van der Waals surface area contributed by atoms with Gasteiger partial charge >= 0.3 is 0 Å². The summed E-state index contributed by atoms with van der Waals surface area (Å²) in [6, 6.07) is 6.60. The zero-order valence-electron chi connectivity index (χ0n) is 22.0. The number of hydrogen-bond acceptors (Lipinski definition) is 6. The highest BCUT2D eigenvalue weighted by molar-refractivity contribution is 6.08. The average Bonchev–Trinajstić information content (AvgIpc) is 2.90. The van der Waals surface area contributed by atoms with Gasteiger partial charge in [-0.1, -0.05) is 65.2 Å². The largest absolute Gasteiger partial charge is 0.299 e. The fourth-order valence-electron chi connectivity index (χ4n) is 3.67. The number of Topliss-reactive ketones (excluding diaryl/α,β-unsaturated/α-hetero) is 4. The third kappa shape index (κ3) is 15.1. The molecule has 6 nitrogen and oxygen atoms in total. The molecule has 0 fully saturated rings. The highest BCUT2D eigenvalue weighted by Gasteiger charge is 2.12. The molecule has 0 bridgehead atoms. The quantitative estimate of drug-likeness (QED) is 0.124. The van der Waals surface area contributed by atoms with Crippen LogP contribution in [-0.2, 0) is 9.59 Å². The second kappa shape index (κ2) is 20.2. The normalized spacial score (nSPS) is 10.3. The molecule has 36 heavy (non-hydrogen) atoms. The van der Waals surface area contributed by atoms with E-state index in [1.54, 1.807) is 49.1 Å². The number of aromatic nitrogens is 2. The number of unbranched alkanes of at least 4 members (excludes halogenated alkanes) is 8. The van der Waals surface area contributed by atoms with E-state index in [2.05, 4.69) is 23.8 Å². The molecule has 0 saturated heterocycles. The van der Waals surface area contributed by atoms with Gasteiger partial charge in [-0.3, -0.25) is 29.1 Å². The minimum Gasteiger partial charge on any atom is -0.299 e. The first kappa shape index (κ1) is 31.0. The van der Waals surface area contributed by atoms with Gasteiger partial charge < -0.3 is 0 Å². The van der Waals surface area contributed by atoms with Gasteiger partial charge in [0.2, 0.25) is 0 Å². The molecular weight excluding hydrogens is 452 g/mol. The minimum absolute atomic E-state index is 0.0256. The van der Waals surface area contributed by atoms with Crippen molar-refractivity contribution in [2.24, 2.45) is 0 Å². The van der Waals surface area contributed by atoms with E-state index in [1.807, 2.05) is 0 Å². The maximum absolute atomic E-state index is 11.7. The molecule has 2 aromatic rings. The van der Waals surface area contributed by atoms with Gasteiger partial charge in [-0.05, 0) is 37.1 Å². The monoisotopic (exact) mass is 494 g/mol. The Kier molecular flexibility index (Phi) is 17.4. The van der Waals surface area contributed by atoms with Crippen LogP contribution in [0.2, 0.25) is 0 Å². The second-order valence-electron chi connectivity index (χ2n) is 9.08. The van der Waals surface area contributed by atoms with E-state index in [0.29, 0.717) is 24.0 Å². The van der Waals surface area contributed by atoms with Gasteiger partial charge in [-0.25, -0.2) is 0 Å². The summed E-state index contributed by atoms with van der Waals surface area (Å²) < 4.78 is 0. The van der Waals surface area contributed by atoms with Crippen LogP contribution in [0, 0.1) is 0 Å². The van der Waals surface area contributed by atoms with Gasteiger partial charge in [0.25, 0.3) is 0 Å². The van der Waals surface area contributed by atoms with E-state index >= 15 is 0 Å². The Labute approximate surface area is 216 Å². The van der Waals surface area contributed by atoms with Crippen molar-refractivity contribution in [2.75, 3.05) is 0 Å². The lowest BCUT2D eigenvalue weighted by Gasteiger charge is -2.01. The molecule has 6 heteroatoms. The zero-order valence-corrected chi connectivity index (χ0v) is 22.0. The summed E-state index contributed by atoms with van der Waals surface area (Å²) in [5, 5.41) is 0. The van der Waals surface area contributed by atoms with E-state index in [9.17, 15) is 19.2 Å². The summed E-state index contributed by atoms with van der Waals surface area (Å²) >= 11 is 0. The smallest absolute Gasteiger partial charge is 0.170 e. The van der Waals surface area contributed by atoms with Crippen molar-refractivity contribution >= 4 is 23.1 Å². The van der Waals surface area contributed by atoms with Crippen LogP contribution in [0.15, 0.2) is 49.1 Å². The Morgan fingerprint density at radius 2 is 0.861 bits per heavy atom. The Morgan fingerprint density at radius 1 is 0.528 bits per heavy atom. The fourth-order valence-corrected chi connectivity index (χ4v) is 3.67. The van der Waals surface area contributed by atoms with E-state index in [0.717, 1.165) is 25.7 Å². The van der Waals surface area contributed by atoms with Crippen molar-refractivity contribution in [3.8, 4) is 0 Å². The van der Waals surface area contributed by atoms with Crippen LogP contribution in [0.5, 0.6) is 0 Å². The molecule has 2 aromatic heterocycles. The number of ketones is 4. The summed E-state index contributed by atoms with van der Waals surface area (Å²) in [4.78, 5) is 54.4. The van der Waals surface area contributed by atoms with Gasteiger partial charge in [0.05, 0.1) is 12.8 Å².